The first kappa shape index (κ1) is 40.3. The fourth-order valence-electron chi connectivity index (χ4n) is 15.6. The Hall–Kier alpha value is -12.0. The van der Waals surface area contributed by atoms with Crippen LogP contribution in [0.15, 0.2) is 343 Å². The van der Waals surface area contributed by atoms with Crippen LogP contribution in [0.2, 0.25) is 0 Å². The molecule has 0 atom stereocenters. The minimum Gasteiger partial charge on any atom is -0.458 e. The normalized spacial score (nSPS) is 15.6. The lowest BCUT2D eigenvalue weighted by Gasteiger charge is -2.48. The van der Waals surface area contributed by atoms with Crippen LogP contribution in [-0.2, 0) is 0 Å². The van der Waals surface area contributed by atoms with Gasteiger partial charge in [-0.15, -0.1) is 0 Å². The zero-order chi connectivity index (χ0) is 78.2. The summed E-state index contributed by atoms with van der Waals surface area (Å²) in [7, 11) is 0. The smallest absolute Gasteiger partial charge is 0.259 e. The van der Waals surface area contributed by atoms with Crippen LogP contribution in [0.1, 0.15) is 23.3 Å². The van der Waals surface area contributed by atoms with Crippen molar-refractivity contribution in [3.8, 4) is 95.1 Å². The van der Waals surface area contributed by atoms with Gasteiger partial charge in [0, 0.05) is 71.3 Å². The highest BCUT2D eigenvalue weighted by atomic mass is 32.2. The zero-order valence-corrected chi connectivity index (χ0v) is 52.1. The second-order valence-electron chi connectivity index (χ2n) is 24.7. The van der Waals surface area contributed by atoms with E-state index in [1.807, 2.05) is 211 Å². The Morgan fingerprint density at radius 2 is 0.835 bits per heavy atom. The highest BCUT2D eigenvalue weighted by Gasteiger charge is 2.52. The molecule has 0 amide bonds. The fraction of sp³-hybridized carbons (Fsp3) is 0. The number of aromatic nitrogens is 1. The predicted octanol–water partition coefficient (Wildman–Crippen LogP) is 19.9. The molecule has 7 heteroatoms. The fourth-order valence-corrected chi connectivity index (χ4v) is 17.0. The zero-order valence-electron chi connectivity index (χ0n) is 68.3. The van der Waals surface area contributed by atoms with Gasteiger partial charge in [-0.1, -0.05) is 291 Å². The number of para-hydroxylation sites is 3. The lowest BCUT2D eigenvalue weighted by molar-refractivity contribution is 0.487. The average molecular weight is 1270 g/mol. The van der Waals surface area contributed by atoms with Crippen molar-refractivity contribution in [2.24, 2.45) is 0 Å². The minimum atomic E-state index is -1.38. The van der Waals surface area contributed by atoms with Crippen LogP contribution in [-0.4, -0.2) is 18.0 Å². The Kier molecular flexibility index (Phi) is 8.82. The van der Waals surface area contributed by atoms with E-state index in [2.05, 4.69) is 17.0 Å². The van der Waals surface area contributed by atoms with Crippen LogP contribution < -0.4 is 47.3 Å². The molecule has 21 rings (SSSR count). The van der Waals surface area contributed by atoms with Gasteiger partial charge in [-0.25, -0.2) is 0 Å². The Labute approximate surface area is 591 Å². The summed E-state index contributed by atoms with van der Waals surface area (Å²) >= 11 is 1.18. The number of anilines is 6. The van der Waals surface area contributed by atoms with Crippen molar-refractivity contribution in [2.45, 2.75) is 9.79 Å². The molecule has 4 nitrogen and oxygen atoms in total. The molecule has 16 aromatic rings. The molecular formula is C90H55B2N3OS. The monoisotopic (exact) mass is 1260 g/mol. The molecule has 5 aliphatic heterocycles. The van der Waals surface area contributed by atoms with Crippen LogP contribution >= 0.6 is 11.8 Å². The van der Waals surface area contributed by atoms with Crippen molar-refractivity contribution in [1.82, 2.24) is 4.57 Å². The summed E-state index contributed by atoms with van der Waals surface area (Å²) < 4.78 is 182. The van der Waals surface area contributed by atoms with Crippen molar-refractivity contribution in [2.75, 3.05) is 9.80 Å². The third-order valence-electron chi connectivity index (χ3n) is 19.6. The van der Waals surface area contributed by atoms with Crippen LogP contribution in [0.3, 0.4) is 0 Å². The molecule has 0 N–H and O–H groups in total. The second-order valence-corrected chi connectivity index (χ2v) is 25.8. The van der Waals surface area contributed by atoms with E-state index in [1.54, 1.807) is 16.7 Å². The summed E-state index contributed by atoms with van der Waals surface area (Å²) in [4.78, 5) is 4.78. The molecule has 0 radical (unpaired) electrons. The quantitative estimate of drug-likeness (QED) is 0.134. The van der Waals surface area contributed by atoms with Gasteiger partial charge in [0.15, 0.2) is 0 Å². The van der Waals surface area contributed by atoms with Gasteiger partial charge in [-0.05, 0) is 143 Å². The summed E-state index contributed by atoms with van der Waals surface area (Å²) in [6.45, 7) is -2.56. The van der Waals surface area contributed by atoms with E-state index in [4.69, 9.17) is 6.11 Å². The summed E-state index contributed by atoms with van der Waals surface area (Å²) in [5, 5.41) is -0.0733. The van der Waals surface area contributed by atoms with Gasteiger partial charge in [0.1, 0.15) is 11.5 Å². The van der Waals surface area contributed by atoms with E-state index < -0.39 is 109 Å². The molecule has 448 valence electrons. The van der Waals surface area contributed by atoms with Gasteiger partial charge in [-0.2, -0.15) is 0 Å². The number of hydrogen-bond acceptors (Lipinski definition) is 4. The molecule has 1 aromatic heterocycles. The van der Waals surface area contributed by atoms with E-state index in [1.165, 1.54) is 11.8 Å². The van der Waals surface area contributed by atoms with Crippen molar-refractivity contribution >= 4 is 114 Å². The SMILES string of the molecule is [2H]c1c([2H])c([2H])c(-c2c([2H])c([2H])c3c(c2[2H])N(c2c(-c4ccccc4)cccc2-c2ccccc2)c2cc(-c4ccccc4)cc4c2B3c2c3c5c(c([2H])c2N4c2c(-c4ccccc4)cccc2-c2ccccc2)-n2c4c([2H])c([2H])c([2H])c([2H])c4c4c([2H])c([2H])c6c(c42)B5c2c(c([2H])c(-c4ccccc4)c([2H])c2S3)O6)c([2H])c1[2H]. The third kappa shape index (κ3) is 8.04. The first-order chi connectivity index (χ1) is 55.3. The van der Waals surface area contributed by atoms with E-state index in [0.29, 0.717) is 87.8 Å². The Morgan fingerprint density at radius 3 is 1.41 bits per heavy atom. The summed E-state index contributed by atoms with van der Waals surface area (Å²) in [5.74, 6) is -0.133. The van der Waals surface area contributed by atoms with Crippen LogP contribution in [0, 0.1) is 0 Å². The van der Waals surface area contributed by atoms with Crippen LogP contribution in [0.4, 0.5) is 34.1 Å². The summed E-state index contributed by atoms with van der Waals surface area (Å²) in [5.41, 5.74) is 11.2. The lowest BCUT2D eigenvalue weighted by Crippen LogP contribution is -2.66. The number of benzene rings is 15. The first-order valence-corrected chi connectivity index (χ1v) is 33.0. The number of fused-ring (bicyclic) bond motifs is 9. The molecule has 6 heterocycles. The highest BCUT2D eigenvalue weighted by molar-refractivity contribution is 8.00. The van der Waals surface area contributed by atoms with E-state index in [9.17, 15) is 21.9 Å². The van der Waals surface area contributed by atoms with Crippen molar-refractivity contribution in [1.29, 1.82) is 0 Å². The molecule has 0 saturated heterocycles. The third-order valence-corrected chi connectivity index (χ3v) is 20.8. The molecule has 0 bridgehead atoms. The van der Waals surface area contributed by atoms with Crippen LogP contribution in [0.25, 0.3) is 105 Å². The Morgan fingerprint density at radius 1 is 0.320 bits per heavy atom. The number of ether oxygens (including phenoxy) is 1. The van der Waals surface area contributed by atoms with Crippen LogP contribution in [0.5, 0.6) is 11.5 Å². The predicted molar refractivity (Wildman–Crippen MR) is 408 cm³/mol. The highest BCUT2D eigenvalue weighted by Crippen LogP contribution is 2.56. The number of hydrogen-bond donors (Lipinski definition) is 0. The Bertz CT molecular complexity index is 6880. The summed E-state index contributed by atoms with van der Waals surface area (Å²) in [6.07, 6.45) is 0. The molecule has 5 aliphatic rings. The van der Waals surface area contributed by atoms with Crippen molar-refractivity contribution < 1.29 is 28.0 Å². The van der Waals surface area contributed by atoms with Gasteiger partial charge in [0.25, 0.3) is 13.4 Å². The molecule has 15 aromatic carbocycles. The van der Waals surface area contributed by atoms with Crippen molar-refractivity contribution in [3.63, 3.8) is 0 Å². The van der Waals surface area contributed by atoms with Gasteiger partial charge in [0.2, 0.25) is 0 Å². The topological polar surface area (TPSA) is 20.6 Å². The molecule has 0 unspecified atom stereocenters. The first-order valence-electron chi connectivity index (χ1n) is 40.7. The van der Waals surface area contributed by atoms with Gasteiger partial charge < -0.3 is 19.1 Å². The largest absolute Gasteiger partial charge is 0.458 e. The van der Waals surface area contributed by atoms with Crippen molar-refractivity contribution in [3.05, 3.63) is 333 Å². The molecule has 0 spiro atoms. The number of rotatable bonds is 9. The molecular weight excluding hydrogens is 1190 g/mol. The minimum absolute atomic E-state index is 0.00167. The maximum absolute atomic E-state index is 12.1. The summed E-state index contributed by atoms with van der Waals surface area (Å²) in [6, 6.07) is 65.6. The molecule has 0 aliphatic carbocycles. The molecule has 97 heavy (non-hydrogen) atoms. The molecule has 0 saturated carbocycles. The Balaban J connectivity index is 1.04. The number of nitrogens with zero attached hydrogens (tertiary/aromatic N) is 3. The standard InChI is InChI=1S/C90H55B2N3OS/c1-8-26-56(27-9-1)63-46-48-72-74(50-63)94(87-66(59-32-14-4-15-33-59)41-24-42-67(87)60-34-16-5-17-35-60)75-51-64(57-28-10-2-11-29-57)52-76-82(75)91(72)83-77(95(76)88-68(61-36-18-6-19-37-61)43-25-44-69(88)62-38-20-7-21-39-62)55-78-84-90(83)97-81-54-65(58-30-12-3-13-31-58)53-80-85(81)92(84)86-79(96-80)49-47-71-70-40-22-23-45-73(70)93(78)89(71)86/h1-55H/i1D,8D,9D,22D,23D,26D,27D,40D,45D,46D,47D,48D,49D,50D,53D,54D,55D. The maximum atomic E-state index is 12.1. The van der Waals surface area contributed by atoms with Gasteiger partial charge >= 0.3 is 0 Å². The van der Waals surface area contributed by atoms with Gasteiger partial charge in [-0.3, -0.25) is 0 Å². The second kappa shape index (κ2) is 21.2. The van der Waals surface area contributed by atoms with E-state index >= 15 is 0 Å². The van der Waals surface area contributed by atoms with Gasteiger partial charge in [0.05, 0.1) is 45.7 Å². The maximum Gasteiger partial charge on any atom is 0.259 e. The molecule has 0 fully saturated rings. The average Bonchev–Trinajstić information content (AvgIpc) is 1.24. The van der Waals surface area contributed by atoms with E-state index in [0.717, 1.165) is 27.8 Å². The lowest BCUT2D eigenvalue weighted by atomic mass is 9.30. The van der Waals surface area contributed by atoms with E-state index in [-0.39, 0.29) is 85.0 Å².